The lowest BCUT2D eigenvalue weighted by Gasteiger charge is -2.37. The van der Waals surface area contributed by atoms with Crippen molar-refractivity contribution >= 4 is 27.0 Å². The van der Waals surface area contributed by atoms with E-state index < -0.39 is 20.7 Å². The van der Waals surface area contributed by atoms with Gasteiger partial charge in [0.15, 0.2) is 0 Å². The summed E-state index contributed by atoms with van der Waals surface area (Å²) in [5.74, 6) is 0.552. The predicted molar refractivity (Wildman–Crippen MR) is 81.1 cm³/mol. The smallest absolute Gasteiger partial charge is 0.323 e. The van der Waals surface area contributed by atoms with E-state index in [0.717, 1.165) is 5.56 Å². The summed E-state index contributed by atoms with van der Waals surface area (Å²) in [5.41, 5.74) is -1.08. The van der Waals surface area contributed by atoms with E-state index >= 15 is 0 Å². The van der Waals surface area contributed by atoms with E-state index in [1.807, 2.05) is 30.3 Å². The average molecular weight is 353 g/mol. The molecule has 0 bridgehead atoms. The van der Waals surface area contributed by atoms with Gasteiger partial charge in [-0.05, 0) is 5.56 Å². The van der Waals surface area contributed by atoms with Gasteiger partial charge >= 0.3 is 15.2 Å². The lowest BCUT2D eigenvalue weighted by Crippen LogP contribution is -2.41. The maximum Gasteiger partial charge on any atom is 0.354 e. The highest BCUT2D eigenvalue weighted by Gasteiger charge is 2.48. The monoisotopic (exact) mass is 353 g/mol. The van der Waals surface area contributed by atoms with Gasteiger partial charge in [0.2, 0.25) is 5.52 Å². The zero-order chi connectivity index (χ0) is 15.7. The Morgan fingerprint density at radius 2 is 1.67 bits per heavy atom. The molecule has 2 rings (SSSR count). The van der Waals surface area contributed by atoms with Crippen LogP contribution in [0, 0.1) is 0 Å². The van der Waals surface area contributed by atoms with Crippen molar-refractivity contribution < 1.29 is 28.7 Å². The fourth-order valence-electron chi connectivity index (χ4n) is 2.37. The molecule has 1 atom stereocenters. The molecule has 0 aliphatic carbocycles. The van der Waals surface area contributed by atoms with E-state index in [1.165, 1.54) is 4.90 Å². The number of thioether (sulfide) groups is 1. The Bertz CT molecular complexity index is 551. The third kappa shape index (κ3) is 4.41. The Hall–Kier alpha value is -0.170. The second kappa shape index (κ2) is 6.52. The molecule has 21 heavy (non-hydrogen) atoms. The highest BCUT2D eigenvalue weighted by Crippen LogP contribution is 2.61. The fourth-order valence-corrected chi connectivity index (χ4v) is 6.48. The Morgan fingerprint density at radius 3 is 2.19 bits per heavy atom. The molecule has 0 radical (unpaired) electrons. The summed E-state index contributed by atoms with van der Waals surface area (Å²) in [6.45, 7) is 0.421. The Morgan fingerprint density at radius 1 is 1.10 bits per heavy atom. The molecule has 0 saturated carbocycles. The average Bonchev–Trinajstić information content (AvgIpc) is 2.37. The van der Waals surface area contributed by atoms with Crippen LogP contribution >= 0.6 is 27.0 Å². The minimum absolute atomic E-state index is 0.0689. The molecule has 7 nitrogen and oxygen atoms in total. The third-order valence-corrected chi connectivity index (χ3v) is 8.10. The first-order chi connectivity index (χ1) is 9.69. The fraction of sp³-hybridized carbons (Fsp3) is 0.455. The number of hydrogen-bond donors (Lipinski definition) is 4. The molecular weight excluding hydrogens is 336 g/mol. The van der Waals surface area contributed by atoms with Crippen molar-refractivity contribution in [1.29, 1.82) is 0 Å². The van der Waals surface area contributed by atoms with E-state index in [2.05, 4.69) is 0 Å². The second-order valence-electron chi connectivity index (χ2n) is 4.79. The molecule has 1 unspecified atom stereocenters. The first-order valence-corrected chi connectivity index (χ1v) is 10.6. The minimum atomic E-state index is -4.93. The van der Waals surface area contributed by atoms with Crippen LogP contribution in [0.25, 0.3) is 0 Å². The Kier molecular flexibility index (Phi) is 5.34. The summed E-state index contributed by atoms with van der Waals surface area (Å²) < 4.78 is 22.9. The molecular formula is C11H17NO6P2S. The summed E-state index contributed by atoms with van der Waals surface area (Å²) in [5, 5.41) is -0.0689. The lowest BCUT2D eigenvalue weighted by atomic mass is 10.1. The van der Waals surface area contributed by atoms with E-state index in [4.69, 9.17) is 0 Å². The van der Waals surface area contributed by atoms with Crippen molar-refractivity contribution in [3.63, 3.8) is 0 Å². The first kappa shape index (κ1) is 17.2. The molecule has 1 aromatic carbocycles. The summed E-state index contributed by atoms with van der Waals surface area (Å²) >= 11 is 1.61. The zero-order valence-corrected chi connectivity index (χ0v) is 13.6. The SMILES string of the molecule is O=P(O)(O)C(N1CCSC(c2ccccc2)C1)P(=O)(O)O. The number of benzene rings is 1. The standard InChI is InChI=1S/C11H17NO6P2S/c13-19(14,15)11(20(16,17)18)12-6-7-21-10(8-12)9-4-2-1-3-5-9/h1-5,10-11H,6-8H2,(H2,13,14,15)(H2,16,17,18). The summed E-state index contributed by atoms with van der Waals surface area (Å²) in [4.78, 5) is 38.4. The second-order valence-corrected chi connectivity index (χ2v) is 9.84. The number of rotatable bonds is 4. The predicted octanol–water partition coefficient (Wildman–Crippen LogP) is 1.42. The van der Waals surface area contributed by atoms with E-state index in [0.29, 0.717) is 5.75 Å². The molecule has 1 aromatic rings. The highest BCUT2D eigenvalue weighted by atomic mass is 32.2. The van der Waals surface area contributed by atoms with E-state index in [1.54, 1.807) is 11.8 Å². The van der Waals surface area contributed by atoms with Gasteiger partial charge in [-0.25, -0.2) is 0 Å². The van der Waals surface area contributed by atoms with Crippen molar-refractivity contribution in [3.8, 4) is 0 Å². The van der Waals surface area contributed by atoms with Crippen LogP contribution in [0.2, 0.25) is 0 Å². The van der Waals surface area contributed by atoms with Gasteiger partial charge in [0, 0.05) is 24.1 Å². The van der Waals surface area contributed by atoms with Gasteiger partial charge in [0.1, 0.15) is 0 Å². The molecule has 1 heterocycles. The van der Waals surface area contributed by atoms with Crippen LogP contribution in [0.15, 0.2) is 30.3 Å². The van der Waals surface area contributed by atoms with Gasteiger partial charge in [0.25, 0.3) is 0 Å². The molecule has 1 aliphatic heterocycles. The van der Waals surface area contributed by atoms with Crippen LogP contribution in [-0.4, -0.2) is 48.8 Å². The zero-order valence-electron chi connectivity index (χ0n) is 11.0. The largest absolute Gasteiger partial charge is 0.354 e. The highest BCUT2D eigenvalue weighted by molar-refractivity contribution is 7.99. The summed E-state index contributed by atoms with van der Waals surface area (Å²) in [6, 6.07) is 9.37. The van der Waals surface area contributed by atoms with Crippen LogP contribution in [0.5, 0.6) is 0 Å². The van der Waals surface area contributed by atoms with Crippen LogP contribution in [0.1, 0.15) is 10.8 Å². The molecule has 1 saturated heterocycles. The van der Waals surface area contributed by atoms with Crippen LogP contribution < -0.4 is 0 Å². The van der Waals surface area contributed by atoms with Crippen molar-refractivity contribution in [2.45, 2.75) is 10.8 Å². The quantitative estimate of drug-likeness (QED) is 0.600. The summed E-state index contributed by atoms with van der Waals surface area (Å²) in [6.07, 6.45) is 0. The summed E-state index contributed by atoms with van der Waals surface area (Å²) in [7, 11) is -9.86. The molecule has 4 N–H and O–H groups in total. The first-order valence-electron chi connectivity index (χ1n) is 6.20. The molecule has 0 aromatic heterocycles. The van der Waals surface area contributed by atoms with Gasteiger partial charge in [-0.3, -0.25) is 14.0 Å². The van der Waals surface area contributed by atoms with E-state index in [9.17, 15) is 28.7 Å². The van der Waals surface area contributed by atoms with Crippen molar-refractivity contribution in [3.05, 3.63) is 35.9 Å². The van der Waals surface area contributed by atoms with Crippen LogP contribution in [-0.2, 0) is 9.13 Å². The minimum Gasteiger partial charge on any atom is -0.323 e. The number of hydrogen-bond acceptors (Lipinski definition) is 4. The molecule has 0 spiro atoms. The molecule has 0 amide bonds. The van der Waals surface area contributed by atoms with Crippen molar-refractivity contribution in [2.75, 3.05) is 18.8 Å². The normalized spacial score (nSPS) is 21.7. The number of nitrogens with zero attached hydrogens (tertiary/aromatic N) is 1. The Balaban J connectivity index is 2.24. The molecule has 1 aliphatic rings. The van der Waals surface area contributed by atoms with Gasteiger partial charge < -0.3 is 19.6 Å². The maximum atomic E-state index is 11.5. The van der Waals surface area contributed by atoms with Crippen LogP contribution in [0.3, 0.4) is 0 Å². The van der Waals surface area contributed by atoms with Gasteiger partial charge in [-0.1, -0.05) is 30.3 Å². The third-order valence-electron chi connectivity index (χ3n) is 3.20. The van der Waals surface area contributed by atoms with Crippen LogP contribution in [0.4, 0.5) is 0 Å². The topological polar surface area (TPSA) is 118 Å². The van der Waals surface area contributed by atoms with E-state index in [-0.39, 0.29) is 18.3 Å². The maximum absolute atomic E-state index is 11.5. The van der Waals surface area contributed by atoms with Crippen molar-refractivity contribution in [2.24, 2.45) is 0 Å². The van der Waals surface area contributed by atoms with Crippen molar-refractivity contribution in [1.82, 2.24) is 4.90 Å². The van der Waals surface area contributed by atoms with Gasteiger partial charge in [-0.2, -0.15) is 11.8 Å². The van der Waals surface area contributed by atoms with Gasteiger partial charge in [-0.15, -0.1) is 0 Å². The lowest BCUT2D eigenvalue weighted by molar-refractivity contribution is 0.230. The van der Waals surface area contributed by atoms with Gasteiger partial charge in [0.05, 0.1) is 0 Å². The molecule has 118 valence electrons. The molecule has 10 heteroatoms. The molecule has 1 fully saturated rings. The Labute approximate surface area is 126 Å².